The molecule has 88 valence electrons. The summed E-state index contributed by atoms with van der Waals surface area (Å²) in [7, 11) is -3.76. The van der Waals surface area contributed by atoms with Gasteiger partial charge in [-0.2, -0.15) is 0 Å². The van der Waals surface area contributed by atoms with Crippen molar-refractivity contribution >= 4 is 37.5 Å². The summed E-state index contributed by atoms with van der Waals surface area (Å²) in [6.45, 7) is 1.63. The Bertz CT molecular complexity index is 513. The Morgan fingerprint density at radius 1 is 1.50 bits per heavy atom. The molecule has 1 amide bonds. The largest absolute Gasteiger partial charge is 0.325 e. The lowest BCUT2D eigenvalue weighted by molar-refractivity contribution is -0.113. The second-order valence-corrected chi connectivity index (χ2v) is 5.30. The molecule has 1 rings (SSSR count). The van der Waals surface area contributed by atoms with Crippen LogP contribution in [0.5, 0.6) is 0 Å². The lowest BCUT2D eigenvalue weighted by Gasteiger charge is -2.07. The molecule has 0 saturated carbocycles. The van der Waals surface area contributed by atoms with Crippen LogP contribution in [0.2, 0.25) is 0 Å². The van der Waals surface area contributed by atoms with Gasteiger partial charge in [-0.25, -0.2) is 13.6 Å². The fraction of sp³-hybridized carbons (Fsp3) is 0.222. The Labute approximate surface area is 102 Å². The summed E-state index contributed by atoms with van der Waals surface area (Å²) < 4.78 is 22.4. The van der Waals surface area contributed by atoms with Gasteiger partial charge in [-0.15, -0.1) is 0 Å². The maximum absolute atomic E-state index is 11.2. The summed E-state index contributed by atoms with van der Waals surface area (Å²) in [4.78, 5) is 11.1. The zero-order valence-electron chi connectivity index (χ0n) is 8.53. The van der Waals surface area contributed by atoms with E-state index in [1.54, 1.807) is 19.1 Å². The number of amides is 1. The van der Waals surface area contributed by atoms with Crippen LogP contribution in [0.15, 0.2) is 23.1 Å². The van der Waals surface area contributed by atoms with E-state index in [0.29, 0.717) is 11.3 Å². The van der Waals surface area contributed by atoms with Gasteiger partial charge in [0.05, 0.1) is 10.2 Å². The van der Waals surface area contributed by atoms with Gasteiger partial charge in [0, 0.05) is 5.69 Å². The van der Waals surface area contributed by atoms with Crippen LogP contribution < -0.4 is 10.5 Å². The molecule has 0 fully saturated rings. The van der Waals surface area contributed by atoms with Crippen molar-refractivity contribution in [3.8, 4) is 0 Å². The fourth-order valence-corrected chi connectivity index (χ4v) is 2.13. The van der Waals surface area contributed by atoms with E-state index in [2.05, 4.69) is 21.2 Å². The van der Waals surface area contributed by atoms with Crippen LogP contribution in [0.3, 0.4) is 0 Å². The van der Waals surface area contributed by atoms with Crippen molar-refractivity contribution in [2.24, 2.45) is 5.14 Å². The van der Waals surface area contributed by atoms with Gasteiger partial charge in [0.2, 0.25) is 15.9 Å². The van der Waals surface area contributed by atoms with Gasteiger partial charge in [0.1, 0.15) is 0 Å². The maximum Gasteiger partial charge on any atom is 0.238 e. The van der Waals surface area contributed by atoms with Crippen molar-refractivity contribution in [2.45, 2.75) is 11.8 Å². The number of nitrogens with one attached hydrogen (secondary N) is 1. The second-order valence-electron chi connectivity index (χ2n) is 3.21. The van der Waals surface area contributed by atoms with E-state index in [1.165, 1.54) is 6.07 Å². The normalized spacial score (nSPS) is 11.2. The molecule has 0 bridgehead atoms. The lowest BCUT2D eigenvalue weighted by Crippen LogP contribution is -2.16. The molecule has 0 aromatic heterocycles. The zero-order valence-corrected chi connectivity index (χ0v) is 10.9. The van der Waals surface area contributed by atoms with Gasteiger partial charge in [0.15, 0.2) is 0 Å². The molecule has 0 aliphatic heterocycles. The molecule has 0 heterocycles. The highest BCUT2D eigenvalue weighted by Crippen LogP contribution is 2.18. The summed E-state index contributed by atoms with van der Waals surface area (Å²) in [5.41, 5.74) is 0.943. The summed E-state index contributed by atoms with van der Waals surface area (Å²) >= 11 is 2.99. The SMILES string of the molecule is Cc1ccc(NC(=O)CBr)cc1S(N)(=O)=O. The first-order chi connectivity index (χ1) is 7.34. The zero-order chi connectivity index (χ0) is 12.3. The van der Waals surface area contributed by atoms with E-state index in [0.717, 1.165) is 0 Å². The number of sulfonamides is 1. The number of hydrogen-bond donors (Lipinski definition) is 2. The van der Waals surface area contributed by atoms with Crippen molar-refractivity contribution < 1.29 is 13.2 Å². The maximum atomic E-state index is 11.2. The average molecular weight is 307 g/mol. The second kappa shape index (κ2) is 4.94. The number of anilines is 1. The van der Waals surface area contributed by atoms with E-state index >= 15 is 0 Å². The van der Waals surface area contributed by atoms with Crippen molar-refractivity contribution in [3.05, 3.63) is 23.8 Å². The molecule has 0 atom stereocenters. The molecular formula is C9H11BrN2O3S. The van der Waals surface area contributed by atoms with Crippen molar-refractivity contribution in [1.29, 1.82) is 0 Å². The first-order valence-electron chi connectivity index (χ1n) is 4.34. The highest BCUT2D eigenvalue weighted by atomic mass is 79.9. The van der Waals surface area contributed by atoms with Crippen LogP contribution >= 0.6 is 15.9 Å². The van der Waals surface area contributed by atoms with Crippen molar-refractivity contribution in [1.82, 2.24) is 0 Å². The van der Waals surface area contributed by atoms with Gasteiger partial charge < -0.3 is 5.32 Å². The molecule has 0 saturated heterocycles. The molecule has 0 spiro atoms. The predicted octanol–water partition coefficient (Wildman–Crippen LogP) is 0.976. The minimum absolute atomic E-state index is 0.0138. The minimum Gasteiger partial charge on any atom is -0.325 e. The molecule has 7 heteroatoms. The van der Waals surface area contributed by atoms with Crippen LogP contribution in [0.25, 0.3) is 0 Å². The summed E-state index contributed by atoms with van der Waals surface area (Å²) in [6.07, 6.45) is 0. The van der Waals surface area contributed by atoms with Crippen molar-refractivity contribution in [3.63, 3.8) is 0 Å². The molecule has 3 N–H and O–H groups in total. The number of benzene rings is 1. The highest BCUT2D eigenvalue weighted by Gasteiger charge is 2.12. The molecule has 1 aromatic rings. The number of alkyl halides is 1. The molecule has 5 nitrogen and oxygen atoms in total. The Morgan fingerprint density at radius 3 is 2.62 bits per heavy atom. The summed E-state index contributed by atoms with van der Waals surface area (Å²) in [5, 5.41) is 7.71. The summed E-state index contributed by atoms with van der Waals surface area (Å²) in [6, 6.07) is 4.54. The van der Waals surface area contributed by atoms with Gasteiger partial charge in [-0.05, 0) is 24.6 Å². The standard InChI is InChI=1S/C9H11BrN2O3S/c1-6-2-3-7(12-9(13)5-10)4-8(6)16(11,14)15/h2-4H,5H2,1H3,(H,12,13)(H2,11,14,15). The predicted molar refractivity (Wildman–Crippen MR) is 65.0 cm³/mol. The van der Waals surface area contributed by atoms with Gasteiger partial charge in [-0.1, -0.05) is 22.0 Å². The van der Waals surface area contributed by atoms with Crippen LogP contribution in [0.4, 0.5) is 5.69 Å². The van der Waals surface area contributed by atoms with Crippen LogP contribution in [-0.2, 0) is 14.8 Å². The molecule has 0 radical (unpaired) electrons. The molecule has 1 aromatic carbocycles. The van der Waals surface area contributed by atoms with Gasteiger partial charge in [-0.3, -0.25) is 4.79 Å². The fourth-order valence-electron chi connectivity index (χ4n) is 1.18. The smallest absolute Gasteiger partial charge is 0.238 e. The number of rotatable bonds is 3. The molecular weight excluding hydrogens is 296 g/mol. The Morgan fingerprint density at radius 2 is 2.12 bits per heavy atom. The van der Waals surface area contributed by atoms with Gasteiger partial charge >= 0.3 is 0 Å². The van der Waals surface area contributed by atoms with E-state index in [1.807, 2.05) is 0 Å². The highest BCUT2D eigenvalue weighted by molar-refractivity contribution is 9.09. The lowest BCUT2D eigenvalue weighted by atomic mass is 10.2. The number of carbonyl (C=O) groups is 1. The molecule has 0 unspecified atom stereocenters. The number of primary sulfonamides is 1. The summed E-state index contributed by atoms with van der Waals surface area (Å²) in [5.74, 6) is -0.260. The third-order valence-electron chi connectivity index (χ3n) is 1.90. The van der Waals surface area contributed by atoms with Crippen LogP contribution in [-0.4, -0.2) is 19.7 Å². The third-order valence-corrected chi connectivity index (χ3v) is 3.46. The topological polar surface area (TPSA) is 89.3 Å². The molecule has 16 heavy (non-hydrogen) atoms. The Balaban J connectivity index is 3.13. The number of nitrogens with two attached hydrogens (primary N) is 1. The van der Waals surface area contributed by atoms with E-state index in [4.69, 9.17) is 5.14 Å². The first kappa shape index (κ1) is 13.1. The number of carbonyl (C=O) groups excluding carboxylic acids is 1. The van der Waals surface area contributed by atoms with Crippen LogP contribution in [0, 0.1) is 6.92 Å². The van der Waals surface area contributed by atoms with Gasteiger partial charge in [0.25, 0.3) is 0 Å². The van der Waals surface area contributed by atoms with Crippen molar-refractivity contribution in [2.75, 3.05) is 10.6 Å². The van der Waals surface area contributed by atoms with E-state index in [9.17, 15) is 13.2 Å². The van der Waals surface area contributed by atoms with E-state index < -0.39 is 10.0 Å². The first-order valence-corrected chi connectivity index (χ1v) is 7.00. The number of hydrogen-bond acceptors (Lipinski definition) is 3. The van der Waals surface area contributed by atoms with Crippen LogP contribution in [0.1, 0.15) is 5.56 Å². The monoisotopic (exact) mass is 306 g/mol. The Kier molecular flexibility index (Phi) is 4.06. The quantitative estimate of drug-likeness (QED) is 0.816. The molecule has 0 aliphatic carbocycles. The van der Waals surface area contributed by atoms with E-state index in [-0.39, 0.29) is 16.1 Å². The third kappa shape index (κ3) is 3.29. The number of aryl methyl sites for hydroxylation is 1. The Hall–Kier alpha value is -0.920. The average Bonchev–Trinajstić information content (AvgIpc) is 2.19. The minimum atomic E-state index is -3.76. The number of halogens is 1. The molecule has 0 aliphatic rings.